The summed E-state index contributed by atoms with van der Waals surface area (Å²) in [6, 6.07) is 10.3. The minimum absolute atomic E-state index is 0.172. The van der Waals surface area contributed by atoms with Crippen molar-refractivity contribution in [1.29, 1.82) is 0 Å². The van der Waals surface area contributed by atoms with Crippen molar-refractivity contribution in [3.63, 3.8) is 0 Å². The maximum Gasteiger partial charge on any atom is 0.256 e. The Hall–Kier alpha value is -3.02. The monoisotopic (exact) mass is 328 g/mol. The number of hydrogen-bond acceptors (Lipinski definition) is 4. The molecule has 2 aromatic rings. The van der Waals surface area contributed by atoms with Gasteiger partial charge in [0.15, 0.2) is 11.5 Å². The highest BCUT2D eigenvalue weighted by atomic mass is 16.5. The number of hydrogen-bond donors (Lipinski definition) is 2. The Kier molecular flexibility index (Phi) is 5.42. The van der Waals surface area contributed by atoms with Crippen LogP contribution in [0.1, 0.15) is 22.8 Å². The van der Waals surface area contributed by atoms with E-state index in [1.54, 1.807) is 43.5 Å². The van der Waals surface area contributed by atoms with Gasteiger partial charge in [-0.2, -0.15) is 0 Å². The summed E-state index contributed by atoms with van der Waals surface area (Å²) in [5.74, 6) is 0.613. The third-order valence-corrected chi connectivity index (χ3v) is 3.42. The maximum atomic E-state index is 12.5. The van der Waals surface area contributed by atoms with Crippen LogP contribution in [0, 0.1) is 6.92 Å². The highest BCUT2D eigenvalue weighted by Crippen LogP contribution is 2.30. The molecule has 0 fully saturated rings. The molecule has 6 heteroatoms. The molecule has 126 valence electrons. The zero-order valence-corrected chi connectivity index (χ0v) is 14.1. The first-order chi connectivity index (χ1) is 11.4. The Morgan fingerprint density at radius 2 is 1.50 bits per heavy atom. The fourth-order valence-electron chi connectivity index (χ4n) is 2.30. The van der Waals surface area contributed by atoms with Gasteiger partial charge in [-0.1, -0.05) is 6.07 Å². The van der Waals surface area contributed by atoms with Crippen LogP contribution in [0.15, 0.2) is 36.4 Å². The predicted octanol–water partition coefficient (Wildman–Crippen LogP) is 3.22. The van der Waals surface area contributed by atoms with E-state index in [2.05, 4.69) is 10.6 Å². The van der Waals surface area contributed by atoms with Crippen molar-refractivity contribution in [3.8, 4) is 11.5 Å². The number of ether oxygens (including phenoxy) is 2. The molecule has 2 N–H and O–H groups in total. The van der Waals surface area contributed by atoms with Crippen molar-refractivity contribution in [1.82, 2.24) is 0 Å². The number of methoxy groups -OCH3 is 2. The van der Waals surface area contributed by atoms with Gasteiger partial charge < -0.3 is 20.1 Å². The molecule has 6 nitrogen and oxygen atoms in total. The normalized spacial score (nSPS) is 10.0. The van der Waals surface area contributed by atoms with Gasteiger partial charge in [0.1, 0.15) is 0 Å². The van der Waals surface area contributed by atoms with E-state index >= 15 is 0 Å². The Bertz CT molecular complexity index is 772. The van der Waals surface area contributed by atoms with Crippen LogP contribution >= 0.6 is 0 Å². The van der Waals surface area contributed by atoms with Crippen molar-refractivity contribution >= 4 is 23.2 Å². The minimum Gasteiger partial charge on any atom is -0.493 e. The lowest BCUT2D eigenvalue weighted by Crippen LogP contribution is -2.14. The number of amides is 2. The number of carbonyl (C=O) groups excluding carboxylic acids is 2. The van der Waals surface area contributed by atoms with Gasteiger partial charge in [0.2, 0.25) is 5.91 Å². The van der Waals surface area contributed by atoms with E-state index in [9.17, 15) is 9.59 Å². The molecule has 0 aromatic heterocycles. The van der Waals surface area contributed by atoms with Gasteiger partial charge in [-0.05, 0) is 42.8 Å². The van der Waals surface area contributed by atoms with Crippen molar-refractivity contribution < 1.29 is 19.1 Å². The summed E-state index contributed by atoms with van der Waals surface area (Å²) in [5.41, 5.74) is 2.45. The van der Waals surface area contributed by atoms with Gasteiger partial charge in [0, 0.05) is 23.9 Å². The van der Waals surface area contributed by atoms with E-state index in [4.69, 9.17) is 9.47 Å². The number of benzene rings is 2. The summed E-state index contributed by atoms with van der Waals surface area (Å²) in [4.78, 5) is 23.7. The third-order valence-electron chi connectivity index (χ3n) is 3.42. The zero-order chi connectivity index (χ0) is 17.7. The lowest BCUT2D eigenvalue weighted by Gasteiger charge is -2.13. The average molecular weight is 328 g/mol. The van der Waals surface area contributed by atoms with E-state index in [0.717, 1.165) is 5.56 Å². The van der Waals surface area contributed by atoms with Crippen LogP contribution in [0.25, 0.3) is 0 Å². The van der Waals surface area contributed by atoms with Crippen molar-refractivity contribution in [2.24, 2.45) is 0 Å². The Labute approximate surface area is 140 Å². The second-order valence-electron chi connectivity index (χ2n) is 5.24. The second kappa shape index (κ2) is 7.50. The third kappa shape index (κ3) is 4.04. The topological polar surface area (TPSA) is 76.7 Å². The molecule has 0 saturated carbocycles. The van der Waals surface area contributed by atoms with E-state index in [-0.39, 0.29) is 11.8 Å². The van der Waals surface area contributed by atoms with Crippen LogP contribution < -0.4 is 20.1 Å². The van der Waals surface area contributed by atoms with Gasteiger partial charge in [-0.3, -0.25) is 9.59 Å². The molecule has 2 rings (SSSR count). The van der Waals surface area contributed by atoms with Crippen LogP contribution in [0.2, 0.25) is 0 Å². The first-order valence-corrected chi connectivity index (χ1v) is 7.36. The Morgan fingerprint density at radius 3 is 2.08 bits per heavy atom. The van der Waals surface area contributed by atoms with Crippen LogP contribution in [-0.4, -0.2) is 26.0 Å². The number of anilines is 2. The Morgan fingerprint density at radius 1 is 0.917 bits per heavy atom. The fraction of sp³-hybridized carbons (Fsp3) is 0.222. The van der Waals surface area contributed by atoms with Crippen molar-refractivity contribution in [2.45, 2.75) is 13.8 Å². The highest BCUT2D eigenvalue weighted by Gasteiger charge is 2.15. The summed E-state index contributed by atoms with van der Waals surface area (Å²) in [6.07, 6.45) is 0. The van der Waals surface area contributed by atoms with Crippen LogP contribution in [0.5, 0.6) is 11.5 Å². The van der Waals surface area contributed by atoms with Crippen LogP contribution in [-0.2, 0) is 4.79 Å². The van der Waals surface area contributed by atoms with Crippen molar-refractivity contribution in [3.05, 3.63) is 47.5 Å². The standard InChI is InChI=1S/C18H20N2O4/c1-11-8-16(23-3)17(24-4)10-15(11)18(22)20-14-7-5-6-13(9-14)19-12(2)21/h5-10H,1-4H3,(H,19,21)(H,20,22). The maximum absolute atomic E-state index is 12.5. The van der Waals surface area contributed by atoms with E-state index < -0.39 is 0 Å². The smallest absolute Gasteiger partial charge is 0.256 e. The SMILES string of the molecule is COc1cc(C)c(C(=O)Nc2cccc(NC(C)=O)c2)cc1OC. The minimum atomic E-state index is -0.270. The summed E-state index contributed by atoms with van der Waals surface area (Å²) in [7, 11) is 3.07. The molecule has 0 bridgehead atoms. The van der Waals surface area contributed by atoms with Gasteiger partial charge in [0.25, 0.3) is 5.91 Å². The molecule has 0 aliphatic rings. The molecule has 2 amide bonds. The summed E-state index contributed by atoms with van der Waals surface area (Å²) in [5, 5.41) is 5.49. The highest BCUT2D eigenvalue weighted by molar-refractivity contribution is 6.06. The molecule has 0 aliphatic carbocycles. The van der Waals surface area contributed by atoms with Crippen LogP contribution in [0.3, 0.4) is 0 Å². The van der Waals surface area contributed by atoms with Gasteiger partial charge >= 0.3 is 0 Å². The van der Waals surface area contributed by atoms with Crippen molar-refractivity contribution in [2.75, 3.05) is 24.9 Å². The molecule has 0 heterocycles. The molecule has 0 aliphatic heterocycles. The number of rotatable bonds is 5. The van der Waals surface area contributed by atoms with Gasteiger partial charge in [-0.25, -0.2) is 0 Å². The molecule has 0 unspecified atom stereocenters. The average Bonchev–Trinajstić information content (AvgIpc) is 2.54. The first kappa shape index (κ1) is 17.3. The quantitative estimate of drug-likeness (QED) is 0.883. The van der Waals surface area contributed by atoms with E-state index in [1.807, 2.05) is 6.92 Å². The first-order valence-electron chi connectivity index (χ1n) is 7.36. The molecule has 0 spiro atoms. The van der Waals surface area contributed by atoms with E-state index in [0.29, 0.717) is 28.4 Å². The van der Waals surface area contributed by atoms with Gasteiger partial charge in [-0.15, -0.1) is 0 Å². The molecule has 24 heavy (non-hydrogen) atoms. The summed E-state index contributed by atoms with van der Waals surface area (Å²) >= 11 is 0. The summed E-state index contributed by atoms with van der Waals surface area (Å²) < 4.78 is 10.5. The predicted molar refractivity (Wildman–Crippen MR) is 93.0 cm³/mol. The Balaban J connectivity index is 2.25. The molecular formula is C18H20N2O4. The van der Waals surface area contributed by atoms with Gasteiger partial charge in [0.05, 0.1) is 14.2 Å². The number of aryl methyl sites for hydroxylation is 1. The lowest BCUT2D eigenvalue weighted by atomic mass is 10.1. The lowest BCUT2D eigenvalue weighted by molar-refractivity contribution is -0.114. The largest absolute Gasteiger partial charge is 0.493 e. The fourth-order valence-corrected chi connectivity index (χ4v) is 2.30. The van der Waals surface area contributed by atoms with E-state index in [1.165, 1.54) is 14.0 Å². The molecular weight excluding hydrogens is 308 g/mol. The molecule has 2 aromatic carbocycles. The van der Waals surface area contributed by atoms with Crippen LogP contribution in [0.4, 0.5) is 11.4 Å². The second-order valence-corrected chi connectivity index (χ2v) is 5.24. The molecule has 0 saturated heterocycles. The number of carbonyl (C=O) groups is 2. The summed E-state index contributed by atoms with van der Waals surface area (Å²) in [6.45, 7) is 3.25. The number of nitrogens with one attached hydrogen (secondary N) is 2. The zero-order valence-electron chi connectivity index (χ0n) is 14.1. The molecule has 0 atom stereocenters. The molecule has 0 radical (unpaired) electrons.